The molecule has 12 heteroatoms. The summed E-state index contributed by atoms with van der Waals surface area (Å²) in [4.78, 5) is 0. The van der Waals surface area contributed by atoms with Crippen molar-refractivity contribution in [2.45, 2.75) is 108 Å². The number of hydrogen-bond donors (Lipinski definition) is 0. The summed E-state index contributed by atoms with van der Waals surface area (Å²) in [7, 11) is 5.98. The Morgan fingerprint density at radius 1 is 0.346 bits per heavy atom. The molecule has 0 radical (unpaired) electrons. The van der Waals surface area contributed by atoms with Crippen LogP contribution < -0.4 is 21.2 Å². The van der Waals surface area contributed by atoms with Gasteiger partial charge in [-0.1, -0.05) is 45.0 Å². The number of fused-ring (bicyclic) bond motifs is 4. The van der Waals surface area contributed by atoms with Gasteiger partial charge >= 0.3 is 0 Å². The highest BCUT2D eigenvalue weighted by molar-refractivity contribution is 8.09. The molecule has 4 aliphatic heterocycles. The van der Waals surface area contributed by atoms with Gasteiger partial charge in [-0.3, -0.25) is 0 Å². The van der Waals surface area contributed by atoms with Crippen molar-refractivity contribution in [1.29, 1.82) is 0 Å². The fourth-order valence-electron chi connectivity index (χ4n) is 8.80. The second-order valence-electron chi connectivity index (χ2n) is 14.3. The van der Waals surface area contributed by atoms with Crippen molar-refractivity contribution in [1.82, 2.24) is 0 Å². The number of benzene rings is 4. The van der Waals surface area contributed by atoms with Gasteiger partial charge in [0.25, 0.3) is 0 Å². The van der Waals surface area contributed by atoms with Gasteiger partial charge in [0.2, 0.25) is 0 Å². The summed E-state index contributed by atoms with van der Waals surface area (Å²) < 4.78 is 23.0. The zero-order chi connectivity index (χ0) is 37.5. The van der Waals surface area contributed by atoms with Gasteiger partial charge in [0.05, 0.1) is 52.9 Å². The number of halogens is 4. The van der Waals surface area contributed by atoms with E-state index in [1.165, 1.54) is 88.5 Å². The molecule has 4 aliphatic rings. The van der Waals surface area contributed by atoms with Crippen LogP contribution >= 0.6 is 76.7 Å². The molecule has 2 unspecified atom stereocenters. The van der Waals surface area contributed by atoms with E-state index in [-0.39, 0.29) is 0 Å². The Labute approximate surface area is 334 Å². The number of hydrogen-bond acceptors (Lipinski definition) is 4. The molecule has 4 aromatic rings. The molecule has 0 N–H and O–H groups in total. The lowest BCUT2D eigenvalue weighted by Gasteiger charge is -2.26. The van der Waals surface area contributed by atoms with E-state index in [0.717, 1.165) is 70.4 Å². The van der Waals surface area contributed by atoms with Gasteiger partial charge in [-0.15, -0.1) is 18.5 Å². The average Bonchev–Trinajstić information content (AvgIpc) is 3.93. The molecule has 0 saturated carbocycles. The predicted molar refractivity (Wildman–Crippen MR) is 231 cm³/mol. The van der Waals surface area contributed by atoms with Crippen molar-refractivity contribution >= 4 is 97.9 Å². The van der Waals surface area contributed by atoms with Crippen LogP contribution in [0.25, 0.3) is 22.3 Å². The lowest BCUT2D eigenvalue weighted by Crippen LogP contribution is -2.20. The summed E-state index contributed by atoms with van der Waals surface area (Å²) in [6.45, 7) is 20.0. The molecule has 0 aromatic heterocycles. The van der Waals surface area contributed by atoms with Crippen molar-refractivity contribution in [2.24, 2.45) is 0 Å². The third kappa shape index (κ3) is 6.37. The summed E-state index contributed by atoms with van der Waals surface area (Å²) >= 11 is 26.3. The summed E-state index contributed by atoms with van der Waals surface area (Å²) in [5.74, 6) is 0. The Kier molecular flexibility index (Phi) is 11.9. The van der Waals surface area contributed by atoms with Crippen LogP contribution in [0.1, 0.15) is 89.0 Å². The van der Waals surface area contributed by atoms with E-state index in [4.69, 9.17) is 63.9 Å². The van der Waals surface area contributed by atoms with Gasteiger partial charge in [-0.2, -0.15) is 0 Å². The van der Waals surface area contributed by atoms with Crippen molar-refractivity contribution in [3.05, 3.63) is 89.0 Å². The van der Waals surface area contributed by atoms with Gasteiger partial charge in [-0.25, -0.2) is 0 Å². The molecule has 0 bridgehead atoms. The first kappa shape index (κ1) is 39.8. The van der Waals surface area contributed by atoms with Crippen LogP contribution in [-0.2, 0) is 71.8 Å². The normalized spacial score (nSPS) is 15.7. The van der Waals surface area contributed by atoms with Crippen molar-refractivity contribution in [3.8, 4) is 22.3 Å². The molecule has 0 aliphatic carbocycles. The molecule has 52 heavy (non-hydrogen) atoms. The van der Waals surface area contributed by atoms with Crippen LogP contribution in [0.5, 0.6) is 0 Å². The third-order valence-electron chi connectivity index (χ3n) is 11.9. The molecular formula is C40H44Cl4O4P4. The first-order chi connectivity index (χ1) is 24.7. The van der Waals surface area contributed by atoms with Gasteiger partial charge in [0, 0.05) is 10.6 Å². The van der Waals surface area contributed by atoms with Crippen molar-refractivity contribution in [3.63, 3.8) is 0 Å². The Bertz CT molecular complexity index is 2030. The van der Waals surface area contributed by atoms with E-state index in [2.05, 4.69) is 73.9 Å². The lowest BCUT2D eigenvalue weighted by atomic mass is 9.85. The van der Waals surface area contributed by atoms with Crippen LogP contribution in [0.4, 0.5) is 0 Å². The predicted octanol–water partition coefficient (Wildman–Crippen LogP) is 11.1. The van der Waals surface area contributed by atoms with E-state index in [0.29, 0.717) is 26.4 Å². The maximum atomic E-state index is 6.58. The van der Waals surface area contributed by atoms with Crippen molar-refractivity contribution < 1.29 is 18.9 Å². The van der Waals surface area contributed by atoms with Gasteiger partial charge in [0.15, 0.2) is 0 Å². The average molecular weight is 854 g/mol. The van der Waals surface area contributed by atoms with Crippen molar-refractivity contribution in [2.75, 3.05) is 0 Å². The Morgan fingerprint density at radius 3 is 0.808 bits per heavy atom. The first-order valence-corrected chi connectivity index (χ1v) is 24.8. The maximum Gasteiger partial charge on any atom is 0.117 e. The van der Waals surface area contributed by atoms with Crippen LogP contribution in [0.3, 0.4) is 0 Å². The second-order valence-corrected chi connectivity index (χ2v) is 22.4. The van der Waals surface area contributed by atoms with Gasteiger partial charge in [-0.05, 0) is 177 Å². The van der Waals surface area contributed by atoms with Crippen LogP contribution in [0, 0.1) is 55.4 Å². The minimum Gasteiger partial charge on any atom is -0.372 e. The highest BCUT2D eigenvalue weighted by atomic mass is 35.9. The highest BCUT2D eigenvalue weighted by Gasteiger charge is 2.33. The largest absolute Gasteiger partial charge is 0.372 e. The molecular weight excluding hydrogens is 810 g/mol. The Balaban J connectivity index is 0.000000164. The molecule has 4 heterocycles. The third-order valence-corrected chi connectivity index (χ3v) is 17.2. The molecule has 0 fully saturated rings. The zero-order valence-corrected chi connectivity index (χ0v) is 38.0. The van der Waals surface area contributed by atoms with E-state index >= 15 is 0 Å². The fourth-order valence-corrected chi connectivity index (χ4v) is 14.1. The first-order valence-electron chi connectivity index (χ1n) is 17.3. The smallest absolute Gasteiger partial charge is 0.117 e. The number of ether oxygens (including phenoxy) is 4. The molecule has 0 amide bonds. The Hall–Kier alpha value is -0.400. The minimum absolute atomic E-state index is 0.604. The molecule has 0 spiro atoms. The van der Waals surface area contributed by atoms with Crippen LogP contribution in [0.15, 0.2) is 0 Å². The molecule has 4 nitrogen and oxygen atoms in total. The van der Waals surface area contributed by atoms with Gasteiger partial charge < -0.3 is 18.9 Å². The summed E-state index contributed by atoms with van der Waals surface area (Å²) in [6, 6.07) is 0. The van der Waals surface area contributed by atoms with E-state index in [1.54, 1.807) is 0 Å². The minimum atomic E-state index is -1.36. The van der Waals surface area contributed by atoms with Crippen LogP contribution in [0.2, 0.25) is 0 Å². The molecule has 0 saturated heterocycles. The topological polar surface area (TPSA) is 36.9 Å². The van der Waals surface area contributed by atoms with E-state index in [1.807, 2.05) is 0 Å². The molecule has 8 rings (SSSR count). The number of rotatable bonds is 4. The fraction of sp³-hybridized carbons (Fsp3) is 0.400. The summed E-state index contributed by atoms with van der Waals surface area (Å²) in [5.41, 5.74) is 25.3. The summed E-state index contributed by atoms with van der Waals surface area (Å²) in [5, 5.41) is 4.60. The standard InChI is InChI=1S/C20H20Cl4O2P2.C20H24O2P2/c1-9-13-5-25-7-15(13)11(3)19(27(21)22)17(9)18-10(2)14-6-26-8-16(14)12(4)20(18)28(23)24;1-9-13-5-21-7-15(13)11(3)19(23)17(9)18-10(2)14-6-22-8-16(14)12(4)20(18)24/h5-8H2,1-4H3;5-8,23-24H2,1-4H3. The SMILES string of the molecule is Cc1c(P)c(-c2c(C)c3c(c(C)c2P)COC3)c(C)c2c1COC2.Cc1c2c(c(C)c(P(Cl)Cl)c1-c1c(C)c3c(c(C)c1P(Cl)Cl)COC3)COC2. The van der Waals surface area contributed by atoms with Gasteiger partial charge in [0.1, 0.15) is 13.3 Å². The Morgan fingerprint density at radius 2 is 0.558 bits per heavy atom. The van der Waals surface area contributed by atoms with Crippen LogP contribution in [-0.4, -0.2) is 0 Å². The summed E-state index contributed by atoms with van der Waals surface area (Å²) in [6.07, 6.45) is 0. The molecule has 276 valence electrons. The molecule has 2 atom stereocenters. The zero-order valence-electron chi connectivity index (χ0n) is 30.9. The van der Waals surface area contributed by atoms with E-state index in [9.17, 15) is 0 Å². The second kappa shape index (κ2) is 15.5. The highest BCUT2D eigenvalue weighted by Crippen LogP contribution is 2.55. The maximum absolute atomic E-state index is 6.58. The van der Waals surface area contributed by atoms with E-state index < -0.39 is 13.3 Å². The lowest BCUT2D eigenvalue weighted by molar-refractivity contribution is 0.134. The molecule has 4 aromatic carbocycles. The quantitative estimate of drug-likeness (QED) is 0.192. The monoisotopic (exact) mass is 852 g/mol.